The molecule has 3 aromatic rings. The maximum Gasteiger partial charge on any atom is 0.231 e. The Balaban J connectivity index is 1.24. The van der Waals surface area contributed by atoms with E-state index in [2.05, 4.69) is 88.8 Å². The molecule has 6 nitrogen and oxygen atoms in total. The summed E-state index contributed by atoms with van der Waals surface area (Å²) >= 11 is 0. The van der Waals surface area contributed by atoms with Crippen molar-refractivity contribution in [3.8, 4) is 11.3 Å². The van der Waals surface area contributed by atoms with Gasteiger partial charge in [-0.3, -0.25) is 9.78 Å². The number of hydrogen-bond acceptors (Lipinski definition) is 5. The minimum absolute atomic E-state index is 0.0420. The van der Waals surface area contributed by atoms with Gasteiger partial charge >= 0.3 is 0 Å². The number of carbonyl (C=O) groups excluding carboxylic acids is 1. The molecule has 0 radical (unpaired) electrons. The molecule has 0 spiro atoms. The summed E-state index contributed by atoms with van der Waals surface area (Å²) in [6, 6.07) is 20.8. The summed E-state index contributed by atoms with van der Waals surface area (Å²) in [6.07, 6.45) is 8.24. The van der Waals surface area contributed by atoms with Crippen LogP contribution in [0, 0.1) is 0 Å². The van der Waals surface area contributed by atoms with Gasteiger partial charge in [0, 0.05) is 49.3 Å². The summed E-state index contributed by atoms with van der Waals surface area (Å²) in [7, 11) is 2.07. The SMILES string of the molecule is CC(C(=O)Nc1ccc(C2=CC(C)N(C)C=C2)cc1)c1ccnc(-c2ccc(N3CCOCC3)cc2)c1. The minimum Gasteiger partial charge on any atom is -0.378 e. The van der Waals surface area contributed by atoms with Crippen LogP contribution in [-0.4, -0.2) is 55.2 Å². The van der Waals surface area contributed by atoms with Gasteiger partial charge in [0.1, 0.15) is 0 Å². The first-order valence-electron chi connectivity index (χ1n) is 12.9. The van der Waals surface area contributed by atoms with Crippen molar-refractivity contribution in [2.45, 2.75) is 25.8 Å². The van der Waals surface area contributed by atoms with E-state index in [1.54, 1.807) is 6.20 Å². The Bertz CT molecular complexity index is 1290. The van der Waals surface area contributed by atoms with Crippen molar-refractivity contribution in [1.82, 2.24) is 9.88 Å². The molecule has 2 aliphatic rings. The Hall–Kier alpha value is -3.90. The van der Waals surface area contributed by atoms with Gasteiger partial charge in [0.15, 0.2) is 0 Å². The molecule has 1 amide bonds. The molecule has 1 fully saturated rings. The molecule has 2 aliphatic heterocycles. The van der Waals surface area contributed by atoms with Crippen molar-refractivity contribution >= 4 is 22.9 Å². The molecule has 6 heteroatoms. The van der Waals surface area contributed by atoms with E-state index < -0.39 is 0 Å². The van der Waals surface area contributed by atoms with Crippen LogP contribution in [0.2, 0.25) is 0 Å². The predicted molar refractivity (Wildman–Crippen MR) is 151 cm³/mol. The molecule has 37 heavy (non-hydrogen) atoms. The van der Waals surface area contributed by atoms with Crippen LogP contribution in [0.15, 0.2) is 85.2 Å². The van der Waals surface area contributed by atoms with Crippen LogP contribution in [0.3, 0.4) is 0 Å². The lowest BCUT2D eigenvalue weighted by Crippen LogP contribution is -2.36. The van der Waals surface area contributed by atoms with Gasteiger partial charge in [0.25, 0.3) is 0 Å². The van der Waals surface area contributed by atoms with E-state index in [9.17, 15) is 4.79 Å². The standard InChI is InChI=1S/C31H34N4O2/c1-22-20-27(13-15-34(22)3)24-4-8-28(9-5-24)33-31(36)23(2)26-12-14-32-30(21-26)25-6-10-29(11-7-25)35-16-18-37-19-17-35/h4-15,20-23H,16-19H2,1-3H3,(H,33,36). The monoisotopic (exact) mass is 494 g/mol. The molecule has 2 aromatic carbocycles. The fourth-order valence-electron chi connectivity index (χ4n) is 4.65. The van der Waals surface area contributed by atoms with Crippen LogP contribution in [0.5, 0.6) is 0 Å². The van der Waals surface area contributed by atoms with Crippen LogP contribution < -0.4 is 10.2 Å². The molecule has 190 valence electrons. The molecular formula is C31H34N4O2. The maximum absolute atomic E-state index is 13.1. The van der Waals surface area contributed by atoms with Crippen LogP contribution >= 0.6 is 0 Å². The Morgan fingerprint density at radius 2 is 1.73 bits per heavy atom. The lowest BCUT2D eigenvalue weighted by molar-refractivity contribution is -0.117. The average molecular weight is 495 g/mol. The zero-order valence-corrected chi connectivity index (χ0v) is 21.7. The molecule has 0 saturated carbocycles. The number of rotatable bonds is 6. The number of morpholine rings is 1. The third-order valence-electron chi connectivity index (χ3n) is 7.25. The highest BCUT2D eigenvalue weighted by atomic mass is 16.5. The first kappa shape index (κ1) is 24.8. The molecule has 1 saturated heterocycles. The zero-order chi connectivity index (χ0) is 25.8. The van der Waals surface area contributed by atoms with Gasteiger partial charge < -0.3 is 19.9 Å². The molecule has 5 rings (SSSR count). The highest BCUT2D eigenvalue weighted by Crippen LogP contribution is 2.27. The lowest BCUT2D eigenvalue weighted by Gasteiger charge is -2.28. The van der Waals surface area contributed by atoms with E-state index >= 15 is 0 Å². The number of nitrogens with zero attached hydrogens (tertiary/aromatic N) is 3. The first-order valence-corrected chi connectivity index (χ1v) is 12.9. The van der Waals surface area contributed by atoms with Crippen LogP contribution in [0.1, 0.15) is 30.9 Å². The first-order chi connectivity index (χ1) is 18.0. The van der Waals surface area contributed by atoms with Crippen molar-refractivity contribution in [1.29, 1.82) is 0 Å². The van der Waals surface area contributed by atoms with E-state index in [-0.39, 0.29) is 11.8 Å². The van der Waals surface area contributed by atoms with Crippen molar-refractivity contribution in [3.63, 3.8) is 0 Å². The highest BCUT2D eigenvalue weighted by molar-refractivity contribution is 5.96. The third kappa shape index (κ3) is 5.75. The number of nitrogens with one attached hydrogen (secondary N) is 1. The summed E-state index contributed by atoms with van der Waals surface area (Å²) in [5.41, 5.74) is 7.16. The smallest absolute Gasteiger partial charge is 0.231 e. The van der Waals surface area contributed by atoms with Crippen molar-refractivity contribution in [2.24, 2.45) is 0 Å². The summed E-state index contributed by atoms with van der Waals surface area (Å²) in [5.74, 6) is -0.353. The largest absolute Gasteiger partial charge is 0.378 e. The summed E-state index contributed by atoms with van der Waals surface area (Å²) in [4.78, 5) is 22.1. The fourth-order valence-corrected chi connectivity index (χ4v) is 4.65. The molecule has 1 N–H and O–H groups in total. The van der Waals surface area contributed by atoms with Crippen molar-refractivity contribution < 1.29 is 9.53 Å². The summed E-state index contributed by atoms with van der Waals surface area (Å²) in [5, 5.41) is 3.07. The second kappa shape index (κ2) is 11.0. The quantitative estimate of drug-likeness (QED) is 0.486. The van der Waals surface area contributed by atoms with Gasteiger partial charge in [0.2, 0.25) is 5.91 Å². The van der Waals surface area contributed by atoms with Crippen molar-refractivity contribution in [2.75, 3.05) is 43.6 Å². The second-order valence-corrected chi connectivity index (χ2v) is 9.75. The number of carbonyl (C=O) groups is 1. The second-order valence-electron chi connectivity index (χ2n) is 9.75. The number of benzene rings is 2. The van der Waals surface area contributed by atoms with E-state index in [4.69, 9.17) is 4.74 Å². The number of amides is 1. The number of anilines is 2. The molecular weight excluding hydrogens is 460 g/mol. The maximum atomic E-state index is 13.1. The Kier molecular flexibility index (Phi) is 7.37. The van der Waals surface area contributed by atoms with Crippen LogP contribution in [0.4, 0.5) is 11.4 Å². The average Bonchev–Trinajstić information content (AvgIpc) is 2.95. The normalized spacial score (nSPS) is 18.4. The zero-order valence-electron chi connectivity index (χ0n) is 21.7. The number of likely N-dealkylation sites (N-methyl/N-ethyl adjacent to an activating group) is 1. The molecule has 0 bridgehead atoms. The van der Waals surface area contributed by atoms with Gasteiger partial charge in [-0.05, 0) is 79.2 Å². The highest BCUT2D eigenvalue weighted by Gasteiger charge is 2.17. The predicted octanol–water partition coefficient (Wildman–Crippen LogP) is 5.56. The molecule has 2 unspecified atom stereocenters. The van der Waals surface area contributed by atoms with Gasteiger partial charge in [-0.15, -0.1) is 0 Å². The van der Waals surface area contributed by atoms with E-state index in [0.717, 1.165) is 54.4 Å². The number of aromatic nitrogens is 1. The number of hydrogen-bond donors (Lipinski definition) is 1. The Labute approximate surface area is 219 Å². The van der Waals surface area contributed by atoms with Gasteiger partial charge in [0.05, 0.1) is 24.8 Å². The minimum atomic E-state index is -0.311. The van der Waals surface area contributed by atoms with Crippen LogP contribution in [0.25, 0.3) is 16.8 Å². The molecule has 0 aliphatic carbocycles. The van der Waals surface area contributed by atoms with Crippen molar-refractivity contribution in [3.05, 3.63) is 96.3 Å². The van der Waals surface area contributed by atoms with Gasteiger partial charge in [-0.1, -0.05) is 30.3 Å². The van der Waals surface area contributed by atoms with Crippen LogP contribution in [-0.2, 0) is 9.53 Å². The molecule has 1 aromatic heterocycles. The van der Waals surface area contributed by atoms with E-state index in [1.165, 1.54) is 11.3 Å². The summed E-state index contributed by atoms with van der Waals surface area (Å²) < 4.78 is 5.45. The summed E-state index contributed by atoms with van der Waals surface area (Å²) in [6.45, 7) is 7.45. The third-order valence-corrected chi connectivity index (χ3v) is 7.25. The number of ether oxygens (including phenoxy) is 1. The van der Waals surface area contributed by atoms with E-state index in [0.29, 0.717) is 6.04 Å². The Morgan fingerprint density at radius 3 is 2.43 bits per heavy atom. The molecule has 2 atom stereocenters. The van der Waals surface area contributed by atoms with Gasteiger partial charge in [-0.25, -0.2) is 0 Å². The topological polar surface area (TPSA) is 57.7 Å². The number of allylic oxidation sites excluding steroid dienone is 2. The molecule has 3 heterocycles. The Morgan fingerprint density at radius 1 is 1.03 bits per heavy atom. The lowest BCUT2D eigenvalue weighted by atomic mass is 9.98. The van der Waals surface area contributed by atoms with Gasteiger partial charge in [-0.2, -0.15) is 0 Å². The fraction of sp³-hybridized carbons (Fsp3) is 0.290. The number of pyridine rings is 1. The van der Waals surface area contributed by atoms with E-state index in [1.807, 2.05) is 31.2 Å².